The fourth-order valence-corrected chi connectivity index (χ4v) is 1.22. The Hall–Kier alpha value is -1.72. The average Bonchev–Trinajstić information content (AvgIpc) is 2.26. The standard InChI is InChI=1S/C11H12F3NO2/c1-3-17-11(16)6(2)15-7-4-8(12)10(14)9(13)5-7/h4-6,15H,3H2,1-2H3/t6-/m1/s1. The van der Waals surface area contributed by atoms with E-state index in [4.69, 9.17) is 4.74 Å². The molecule has 0 spiro atoms. The predicted octanol–water partition coefficient (Wildman–Crippen LogP) is 2.47. The van der Waals surface area contributed by atoms with E-state index in [0.717, 1.165) is 12.1 Å². The predicted molar refractivity (Wildman–Crippen MR) is 56.0 cm³/mol. The van der Waals surface area contributed by atoms with Crippen LogP contribution in [0, 0.1) is 17.5 Å². The highest BCUT2D eigenvalue weighted by atomic mass is 19.2. The normalized spacial score (nSPS) is 12.1. The number of esters is 1. The topological polar surface area (TPSA) is 38.3 Å². The van der Waals surface area contributed by atoms with Crippen molar-refractivity contribution in [3.63, 3.8) is 0 Å². The largest absolute Gasteiger partial charge is 0.464 e. The van der Waals surface area contributed by atoms with Crippen LogP contribution in [-0.4, -0.2) is 18.6 Å². The van der Waals surface area contributed by atoms with E-state index in [1.165, 1.54) is 6.92 Å². The summed E-state index contributed by atoms with van der Waals surface area (Å²) in [4.78, 5) is 11.2. The second-order valence-corrected chi connectivity index (χ2v) is 3.37. The van der Waals surface area contributed by atoms with Crippen LogP contribution in [-0.2, 0) is 9.53 Å². The molecule has 94 valence electrons. The molecule has 6 heteroatoms. The van der Waals surface area contributed by atoms with Gasteiger partial charge in [-0.05, 0) is 13.8 Å². The zero-order chi connectivity index (χ0) is 13.0. The van der Waals surface area contributed by atoms with Crippen LogP contribution in [0.2, 0.25) is 0 Å². The molecule has 0 heterocycles. The summed E-state index contributed by atoms with van der Waals surface area (Å²) in [6.07, 6.45) is 0. The first-order chi connectivity index (χ1) is 7.95. The maximum absolute atomic E-state index is 12.9. The minimum atomic E-state index is -1.54. The summed E-state index contributed by atoms with van der Waals surface area (Å²) in [6.45, 7) is 3.32. The van der Waals surface area contributed by atoms with E-state index in [-0.39, 0.29) is 12.3 Å². The Kier molecular flexibility index (Phi) is 4.37. The van der Waals surface area contributed by atoms with Crippen LogP contribution in [0.1, 0.15) is 13.8 Å². The fourth-order valence-electron chi connectivity index (χ4n) is 1.22. The Morgan fingerprint density at radius 3 is 2.35 bits per heavy atom. The van der Waals surface area contributed by atoms with Crippen molar-refractivity contribution in [1.82, 2.24) is 0 Å². The monoisotopic (exact) mass is 247 g/mol. The molecule has 1 N–H and O–H groups in total. The van der Waals surface area contributed by atoms with Crippen molar-refractivity contribution >= 4 is 11.7 Å². The highest BCUT2D eigenvalue weighted by Crippen LogP contribution is 2.18. The van der Waals surface area contributed by atoms with Crippen LogP contribution >= 0.6 is 0 Å². The van der Waals surface area contributed by atoms with Gasteiger partial charge in [-0.3, -0.25) is 0 Å². The summed E-state index contributed by atoms with van der Waals surface area (Å²) in [5.74, 6) is -4.73. The molecule has 0 radical (unpaired) electrons. The van der Waals surface area contributed by atoms with Crippen molar-refractivity contribution in [3.05, 3.63) is 29.6 Å². The Bertz CT molecular complexity index is 400. The van der Waals surface area contributed by atoms with Gasteiger partial charge in [0.15, 0.2) is 17.5 Å². The quantitative estimate of drug-likeness (QED) is 0.656. The summed E-state index contributed by atoms with van der Waals surface area (Å²) in [7, 11) is 0. The van der Waals surface area contributed by atoms with Crippen LogP contribution in [0.25, 0.3) is 0 Å². The summed E-state index contributed by atoms with van der Waals surface area (Å²) in [5, 5.41) is 2.51. The highest BCUT2D eigenvalue weighted by Gasteiger charge is 2.16. The summed E-state index contributed by atoms with van der Waals surface area (Å²) in [5.41, 5.74) is -0.0260. The molecule has 0 aromatic heterocycles. The third kappa shape index (κ3) is 3.37. The van der Waals surface area contributed by atoms with Crippen molar-refractivity contribution in [2.45, 2.75) is 19.9 Å². The maximum Gasteiger partial charge on any atom is 0.328 e. The Balaban J connectivity index is 2.78. The van der Waals surface area contributed by atoms with E-state index in [9.17, 15) is 18.0 Å². The molecule has 0 aliphatic rings. The van der Waals surface area contributed by atoms with Crippen molar-refractivity contribution in [3.8, 4) is 0 Å². The Labute approximate surface area is 96.6 Å². The molecule has 0 aliphatic heterocycles. The number of ether oxygens (including phenoxy) is 1. The van der Waals surface area contributed by atoms with E-state index in [1.807, 2.05) is 0 Å². The summed E-state index contributed by atoms with van der Waals surface area (Å²) in [6, 6.07) is 0.765. The van der Waals surface area contributed by atoms with Gasteiger partial charge in [-0.15, -0.1) is 0 Å². The minimum absolute atomic E-state index is 0.0260. The molecule has 1 aromatic carbocycles. The molecule has 0 bridgehead atoms. The second kappa shape index (κ2) is 5.56. The van der Waals surface area contributed by atoms with E-state index in [2.05, 4.69) is 5.32 Å². The lowest BCUT2D eigenvalue weighted by Gasteiger charge is -2.14. The molecular weight excluding hydrogens is 235 g/mol. The number of halogens is 3. The van der Waals surface area contributed by atoms with Crippen LogP contribution in [0.3, 0.4) is 0 Å². The van der Waals surface area contributed by atoms with Gasteiger partial charge in [0.2, 0.25) is 0 Å². The van der Waals surface area contributed by atoms with Gasteiger partial charge in [0.05, 0.1) is 6.61 Å². The van der Waals surface area contributed by atoms with Crippen LogP contribution in [0.4, 0.5) is 18.9 Å². The molecule has 0 saturated carbocycles. The van der Waals surface area contributed by atoms with Gasteiger partial charge in [-0.2, -0.15) is 0 Å². The molecule has 0 saturated heterocycles. The number of nitrogens with one attached hydrogen (secondary N) is 1. The SMILES string of the molecule is CCOC(=O)[C@@H](C)Nc1cc(F)c(F)c(F)c1. The van der Waals surface area contributed by atoms with Gasteiger partial charge in [-0.1, -0.05) is 0 Å². The lowest BCUT2D eigenvalue weighted by Crippen LogP contribution is -2.28. The molecule has 3 nitrogen and oxygen atoms in total. The molecular formula is C11H12F3NO2. The fraction of sp³-hybridized carbons (Fsp3) is 0.364. The van der Waals surface area contributed by atoms with Gasteiger partial charge in [0.25, 0.3) is 0 Å². The van der Waals surface area contributed by atoms with Gasteiger partial charge in [-0.25, -0.2) is 18.0 Å². The third-order valence-corrected chi connectivity index (χ3v) is 2.01. The summed E-state index contributed by atoms with van der Waals surface area (Å²) >= 11 is 0. The molecule has 0 amide bonds. The van der Waals surface area contributed by atoms with Crippen molar-refractivity contribution in [1.29, 1.82) is 0 Å². The Morgan fingerprint density at radius 2 is 1.88 bits per heavy atom. The van der Waals surface area contributed by atoms with Crippen molar-refractivity contribution in [2.24, 2.45) is 0 Å². The number of hydrogen-bond acceptors (Lipinski definition) is 3. The first-order valence-electron chi connectivity index (χ1n) is 5.03. The van der Waals surface area contributed by atoms with E-state index in [0.29, 0.717) is 0 Å². The number of anilines is 1. The van der Waals surface area contributed by atoms with Gasteiger partial charge >= 0.3 is 5.97 Å². The average molecular weight is 247 g/mol. The van der Waals surface area contributed by atoms with Gasteiger partial charge < -0.3 is 10.1 Å². The Morgan fingerprint density at radius 1 is 1.35 bits per heavy atom. The molecule has 17 heavy (non-hydrogen) atoms. The third-order valence-electron chi connectivity index (χ3n) is 2.01. The lowest BCUT2D eigenvalue weighted by atomic mass is 10.2. The zero-order valence-corrected chi connectivity index (χ0v) is 9.39. The van der Waals surface area contributed by atoms with E-state index in [1.54, 1.807) is 6.92 Å². The zero-order valence-electron chi connectivity index (χ0n) is 9.39. The highest BCUT2D eigenvalue weighted by molar-refractivity contribution is 5.78. The van der Waals surface area contributed by atoms with Crippen molar-refractivity contribution < 1.29 is 22.7 Å². The molecule has 1 rings (SSSR count). The van der Waals surface area contributed by atoms with E-state index >= 15 is 0 Å². The number of rotatable bonds is 4. The van der Waals surface area contributed by atoms with Crippen LogP contribution in [0.5, 0.6) is 0 Å². The van der Waals surface area contributed by atoms with Gasteiger partial charge in [0.1, 0.15) is 6.04 Å². The van der Waals surface area contributed by atoms with Crippen LogP contribution < -0.4 is 5.32 Å². The molecule has 1 atom stereocenters. The maximum atomic E-state index is 12.9. The minimum Gasteiger partial charge on any atom is -0.464 e. The molecule has 1 aromatic rings. The summed E-state index contributed by atoms with van der Waals surface area (Å²) < 4.78 is 43.1. The number of carbonyl (C=O) groups is 1. The molecule has 0 unspecified atom stereocenters. The number of carbonyl (C=O) groups excluding carboxylic acids is 1. The number of benzene rings is 1. The van der Waals surface area contributed by atoms with Crippen LogP contribution in [0.15, 0.2) is 12.1 Å². The number of hydrogen-bond donors (Lipinski definition) is 1. The second-order valence-electron chi connectivity index (χ2n) is 3.37. The first-order valence-corrected chi connectivity index (χ1v) is 5.03. The van der Waals surface area contributed by atoms with Gasteiger partial charge in [0, 0.05) is 17.8 Å². The van der Waals surface area contributed by atoms with Crippen molar-refractivity contribution in [2.75, 3.05) is 11.9 Å². The lowest BCUT2D eigenvalue weighted by molar-refractivity contribution is -0.143. The van der Waals surface area contributed by atoms with E-state index < -0.39 is 29.5 Å². The smallest absolute Gasteiger partial charge is 0.328 e. The first kappa shape index (κ1) is 13.3. The molecule has 0 fully saturated rings. The molecule has 0 aliphatic carbocycles.